The third kappa shape index (κ3) is 3.16. The molecule has 0 radical (unpaired) electrons. The van der Waals surface area contributed by atoms with Crippen molar-refractivity contribution in [3.05, 3.63) is 53.7 Å². The zero-order valence-corrected chi connectivity index (χ0v) is 20.3. The zero-order chi connectivity index (χ0) is 25.7. The Bertz CT molecular complexity index is 1320. The second kappa shape index (κ2) is 7.48. The number of likely N-dealkylation sites (N-methyl/N-ethyl adjacent to an activating group) is 1. The quantitative estimate of drug-likeness (QED) is 0.610. The Morgan fingerprint density at radius 1 is 1.14 bits per heavy atom. The molecule has 7 rings (SSSR count). The minimum atomic E-state index is -4.66. The van der Waals surface area contributed by atoms with Gasteiger partial charge in [0.05, 0.1) is 17.3 Å². The van der Waals surface area contributed by atoms with Gasteiger partial charge in [-0.05, 0) is 55.4 Å². The fourth-order valence-electron chi connectivity index (χ4n) is 6.40. The molecule has 4 atom stereocenters. The molecule has 0 amide bonds. The maximum atomic E-state index is 14.2. The first-order chi connectivity index (χ1) is 17.7. The predicted octanol–water partition coefficient (Wildman–Crippen LogP) is 4.39. The fraction of sp³-hybridized carbons (Fsp3) is 0.480. The number of aromatic nitrogens is 2. The van der Waals surface area contributed by atoms with Gasteiger partial charge in [0, 0.05) is 25.5 Å². The number of hydrogen-bond donors (Lipinski definition) is 1. The highest BCUT2D eigenvalue weighted by molar-refractivity contribution is 5.90. The average molecular weight is 515 g/mol. The number of benzene rings is 1. The van der Waals surface area contributed by atoms with E-state index in [1.165, 1.54) is 6.42 Å². The largest absolute Gasteiger partial charge is 0.416 e. The van der Waals surface area contributed by atoms with Crippen LogP contribution in [0.1, 0.15) is 49.9 Å². The number of rotatable bonds is 3. The molecule has 2 aliphatic carbocycles. The molecular formula is C25H26F4N8. The summed E-state index contributed by atoms with van der Waals surface area (Å²) in [7, 11) is 1.99. The van der Waals surface area contributed by atoms with Crippen LogP contribution >= 0.6 is 0 Å². The second-order valence-corrected chi connectivity index (χ2v) is 10.6. The first-order valence-electron chi connectivity index (χ1n) is 12.5. The summed E-state index contributed by atoms with van der Waals surface area (Å²) in [6.07, 6.45) is 5.84. The van der Waals surface area contributed by atoms with Crippen molar-refractivity contribution >= 4 is 23.8 Å². The Balaban J connectivity index is 1.31. The van der Waals surface area contributed by atoms with Crippen molar-refractivity contribution in [3.63, 3.8) is 0 Å². The standard InChI is InChI=1S/C25H26F4N8/c1-14-11-24(14)22-34(2)32-13-36(22)19-12-31-23(33-21(19)37(24)18-4-3-5-18)35-7-6-30-20(35)15-8-16(25(27,28)29)10-17(26)9-15/h6-10,12-14,18,20,22,30H,3-5,11H2,1-2H3/t14-,20?,22?,24-/m0/s1. The minimum Gasteiger partial charge on any atom is -0.366 e. The van der Waals surface area contributed by atoms with Gasteiger partial charge in [0.15, 0.2) is 5.82 Å². The topological polar surface area (TPSA) is 63.1 Å². The summed E-state index contributed by atoms with van der Waals surface area (Å²) < 4.78 is 54.4. The maximum absolute atomic E-state index is 14.2. The number of halogens is 4. The van der Waals surface area contributed by atoms with E-state index in [2.05, 4.69) is 32.1 Å². The van der Waals surface area contributed by atoms with E-state index in [1.807, 2.05) is 18.4 Å². The van der Waals surface area contributed by atoms with Crippen molar-refractivity contribution in [2.75, 3.05) is 21.7 Å². The SMILES string of the molecule is C[C@H]1C[C@@]12C1N(C)N=CN1c1cnc(N3C=CNC3c3cc(F)cc(C(F)(F)F)c3)nc1N2C1CCC1. The van der Waals surface area contributed by atoms with Crippen molar-refractivity contribution in [1.82, 2.24) is 20.3 Å². The molecule has 2 unspecified atom stereocenters. The Hall–Kier alpha value is -3.57. The van der Waals surface area contributed by atoms with Gasteiger partial charge in [-0.3, -0.25) is 9.91 Å². The van der Waals surface area contributed by atoms with Gasteiger partial charge in [-0.15, -0.1) is 0 Å². The van der Waals surface area contributed by atoms with Gasteiger partial charge in [-0.2, -0.15) is 23.3 Å². The Morgan fingerprint density at radius 3 is 2.59 bits per heavy atom. The summed E-state index contributed by atoms with van der Waals surface area (Å²) in [6.45, 7) is 2.26. The van der Waals surface area contributed by atoms with Gasteiger partial charge < -0.3 is 15.1 Å². The minimum absolute atomic E-state index is 0.0548. The van der Waals surface area contributed by atoms with E-state index < -0.39 is 23.7 Å². The maximum Gasteiger partial charge on any atom is 0.416 e. The Labute approximate surface area is 211 Å². The summed E-state index contributed by atoms with van der Waals surface area (Å²) in [6, 6.07) is 2.93. The number of hydrogen-bond acceptors (Lipinski definition) is 8. The molecule has 1 spiro atoms. The van der Waals surface area contributed by atoms with Crippen molar-refractivity contribution in [3.8, 4) is 0 Å². The predicted molar refractivity (Wildman–Crippen MR) is 130 cm³/mol. The fourth-order valence-corrected chi connectivity index (χ4v) is 6.40. The van der Waals surface area contributed by atoms with Crippen molar-refractivity contribution in [1.29, 1.82) is 0 Å². The lowest BCUT2D eigenvalue weighted by Crippen LogP contribution is -2.65. The van der Waals surface area contributed by atoms with E-state index in [9.17, 15) is 17.6 Å². The van der Waals surface area contributed by atoms with Crippen LogP contribution in [0.15, 0.2) is 41.9 Å². The monoisotopic (exact) mass is 514 g/mol. The van der Waals surface area contributed by atoms with Crippen LogP contribution in [0.4, 0.5) is 35.0 Å². The normalized spacial score (nSPS) is 30.1. The molecule has 1 aromatic carbocycles. The molecule has 12 heteroatoms. The molecule has 2 saturated carbocycles. The van der Waals surface area contributed by atoms with E-state index in [4.69, 9.17) is 4.98 Å². The lowest BCUT2D eigenvalue weighted by Gasteiger charge is -2.53. The van der Waals surface area contributed by atoms with E-state index >= 15 is 0 Å². The first-order valence-corrected chi connectivity index (χ1v) is 12.5. The van der Waals surface area contributed by atoms with Crippen LogP contribution in [0, 0.1) is 11.7 Å². The number of fused-ring (bicyclic) bond motifs is 4. The van der Waals surface area contributed by atoms with Crippen LogP contribution in [-0.4, -0.2) is 46.1 Å². The summed E-state index contributed by atoms with van der Waals surface area (Å²) >= 11 is 0. The van der Waals surface area contributed by atoms with Gasteiger partial charge in [-0.1, -0.05) is 6.92 Å². The van der Waals surface area contributed by atoms with E-state index in [-0.39, 0.29) is 17.3 Å². The van der Waals surface area contributed by atoms with Gasteiger partial charge in [0.1, 0.15) is 30.2 Å². The summed E-state index contributed by atoms with van der Waals surface area (Å²) in [5.74, 6) is 0.643. The molecule has 2 fully saturated rings. The van der Waals surface area contributed by atoms with Crippen LogP contribution in [-0.2, 0) is 6.18 Å². The summed E-state index contributed by atoms with van der Waals surface area (Å²) in [5.41, 5.74) is -0.171. The molecular weight excluding hydrogens is 488 g/mol. The molecule has 0 saturated heterocycles. The number of nitrogens with zero attached hydrogens (tertiary/aromatic N) is 7. The van der Waals surface area contributed by atoms with Gasteiger partial charge >= 0.3 is 6.18 Å². The third-order valence-corrected chi connectivity index (χ3v) is 8.44. The molecule has 3 aliphatic heterocycles. The molecule has 8 nitrogen and oxygen atoms in total. The average Bonchev–Trinajstić information content (AvgIpc) is 3.16. The first kappa shape index (κ1) is 22.6. The number of nitrogens with one attached hydrogen (secondary N) is 1. The second-order valence-electron chi connectivity index (χ2n) is 10.6. The molecule has 1 N–H and O–H groups in total. The van der Waals surface area contributed by atoms with Crippen LogP contribution in [0.2, 0.25) is 0 Å². The van der Waals surface area contributed by atoms with Gasteiger partial charge in [0.2, 0.25) is 5.95 Å². The number of hydrazone groups is 1. The Morgan fingerprint density at radius 2 is 1.92 bits per heavy atom. The van der Waals surface area contributed by atoms with Crippen molar-refractivity contribution < 1.29 is 17.6 Å². The molecule has 0 bridgehead atoms. The molecule has 194 valence electrons. The molecule has 2 aromatic rings. The van der Waals surface area contributed by atoms with E-state index in [1.54, 1.807) is 23.5 Å². The van der Waals surface area contributed by atoms with E-state index in [0.717, 1.165) is 42.9 Å². The zero-order valence-electron chi connectivity index (χ0n) is 20.3. The summed E-state index contributed by atoms with van der Waals surface area (Å²) in [4.78, 5) is 15.9. The van der Waals surface area contributed by atoms with Crippen LogP contribution in [0.5, 0.6) is 0 Å². The lowest BCUT2D eigenvalue weighted by molar-refractivity contribution is -0.137. The number of anilines is 3. The van der Waals surface area contributed by atoms with Gasteiger partial charge in [-0.25, -0.2) is 9.37 Å². The highest BCUT2D eigenvalue weighted by Gasteiger charge is 2.69. The number of alkyl halides is 3. The van der Waals surface area contributed by atoms with Crippen LogP contribution in [0.25, 0.3) is 0 Å². The molecule has 5 aliphatic rings. The lowest BCUT2D eigenvalue weighted by atomic mass is 9.87. The smallest absolute Gasteiger partial charge is 0.366 e. The molecule has 1 aromatic heterocycles. The Kier molecular flexibility index (Phi) is 4.57. The highest BCUT2D eigenvalue weighted by atomic mass is 19.4. The molecule has 4 heterocycles. The van der Waals surface area contributed by atoms with Gasteiger partial charge in [0.25, 0.3) is 0 Å². The summed E-state index contributed by atoms with van der Waals surface area (Å²) in [5, 5.41) is 9.60. The van der Waals surface area contributed by atoms with Crippen LogP contribution in [0.3, 0.4) is 0 Å². The highest BCUT2D eigenvalue weighted by Crippen LogP contribution is 2.61. The van der Waals surface area contributed by atoms with Crippen molar-refractivity contribution in [2.24, 2.45) is 11.0 Å². The molecule has 37 heavy (non-hydrogen) atoms. The van der Waals surface area contributed by atoms with Crippen LogP contribution < -0.4 is 20.0 Å². The van der Waals surface area contributed by atoms with Crippen molar-refractivity contribution in [2.45, 2.75) is 62.7 Å². The van der Waals surface area contributed by atoms with E-state index in [0.29, 0.717) is 24.0 Å². The third-order valence-electron chi connectivity index (χ3n) is 8.44.